The number of hydrogen-bond acceptors (Lipinski definition) is 7. The molecule has 0 saturated carbocycles. The molecule has 7 nitrogen and oxygen atoms in total. The van der Waals surface area contributed by atoms with Gasteiger partial charge in [0, 0.05) is 5.02 Å². The number of rotatable bonds is 9. The van der Waals surface area contributed by atoms with E-state index in [1.165, 1.54) is 15.9 Å². The minimum Gasteiger partial charge on any atom is -0.490 e. The van der Waals surface area contributed by atoms with E-state index in [9.17, 15) is 9.59 Å². The number of halogens is 2. The highest BCUT2D eigenvalue weighted by Crippen LogP contribution is 2.37. The Morgan fingerprint density at radius 3 is 2.63 bits per heavy atom. The second-order valence-electron chi connectivity index (χ2n) is 8.44. The number of benzene rings is 2. The number of ether oxygens (including phenoxy) is 3. The van der Waals surface area contributed by atoms with E-state index in [1.54, 1.807) is 32.1 Å². The van der Waals surface area contributed by atoms with Gasteiger partial charge < -0.3 is 14.2 Å². The van der Waals surface area contributed by atoms with Crippen molar-refractivity contribution in [2.75, 3.05) is 19.8 Å². The molecule has 1 atom stereocenters. The Hall–Kier alpha value is -2.88. The quantitative estimate of drug-likeness (QED) is 0.300. The number of aromatic nitrogens is 1. The van der Waals surface area contributed by atoms with Gasteiger partial charge in [0.05, 0.1) is 40.1 Å². The number of allylic oxidation sites excluding steroid dienone is 1. The van der Waals surface area contributed by atoms with Crippen molar-refractivity contribution < 1.29 is 19.0 Å². The molecule has 0 saturated heterocycles. The predicted molar refractivity (Wildman–Crippen MR) is 153 cm³/mol. The molecule has 2 aromatic carbocycles. The average molecular weight is 620 g/mol. The molecule has 2 heterocycles. The zero-order chi connectivity index (χ0) is 27.4. The summed E-state index contributed by atoms with van der Waals surface area (Å²) in [6.07, 6.45) is 2.65. The fourth-order valence-corrected chi connectivity index (χ4v) is 6.07. The van der Waals surface area contributed by atoms with E-state index >= 15 is 0 Å². The lowest BCUT2D eigenvalue weighted by atomic mass is 9.96. The first kappa shape index (κ1) is 28.1. The number of carbonyl (C=O) groups excluding carboxylic acids is 1. The van der Waals surface area contributed by atoms with Crippen molar-refractivity contribution in [3.8, 4) is 11.5 Å². The van der Waals surface area contributed by atoms with Crippen LogP contribution in [0.2, 0.25) is 5.02 Å². The Labute approximate surface area is 238 Å². The standard InChI is InChI=1S/C28H28BrClN2O5S/c1-5-12-37-25-19(29)13-17(14-21(25)35-6-2)15-22-26(33)32-24(18-10-8-9-11-20(18)30)23(27(34)36-7-3)16(4)31-28(32)38-22/h8-11,13-15,24H,5-7,12H2,1-4H3/b22-15+/t24-/m1/s1. The van der Waals surface area contributed by atoms with Gasteiger partial charge in [-0.25, -0.2) is 9.79 Å². The molecule has 1 aliphatic heterocycles. The average Bonchev–Trinajstić information content (AvgIpc) is 3.17. The summed E-state index contributed by atoms with van der Waals surface area (Å²) in [6, 6.07) is 10.1. The van der Waals surface area contributed by atoms with Gasteiger partial charge >= 0.3 is 5.97 Å². The van der Waals surface area contributed by atoms with Gasteiger partial charge in [-0.3, -0.25) is 9.36 Å². The van der Waals surface area contributed by atoms with Gasteiger partial charge in [-0.2, -0.15) is 0 Å². The van der Waals surface area contributed by atoms with E-state index in [-0.39, 0.29) is 17.7 Å². The summed E-state index contributed by atoms with van der Waals surface area (Å²) in [7, 11) is 0. The Balaban J connectivity index is 1.91. The second-order valence-corrected chi connectivity index (χ2v) is 10.7. The summed E-state index contributed by atoms with van der Waals surface area (Å²) >= 11 is 11.4. The zero-order valence-electron chi connectivity index (χ0n) is 21.5. The minimum atomic E-state index is -0.767. The molecule has 3 aromatic rings. The molecule has 0 bridgehead atoms. The Bertz CT molecular complexity index is 1580. The van der Waals surface area contributed by atoms with Gasteiger partial charge in [0.1, 0.15) is 6.04 Å². The van der Waals surface area contributed by atoms with Crippen LogP contribution in [0.1, 0.15) is 51.3 Å². The highest BCUT2D eigenvalue weighted by atomic mass is 79.9. The third kappa shape index (κ3) is 5.60. The van der Waals surface area contributed by atoms with Crippen molar-refractivity contribution in [3.05, 3.63) is 88.0 Å². The van der Waals surface area contributed by atoms with E-state index in [2.05, 4.69) is 20.9 Å². The molecule has 200 valence electrons. The first-order valence-electron chi connectivity index (χ1n) is 12.3. The van der Waals surface area contributed by atoms with Crippen LogP contribution in [0.3, 0.4) is 0 Å². The minimum absolute atomic E-state index is 0.199. The lowest BCUT2D eigenvalue weighted by molar-refractivity contribution is -0.139. The van der Waals surface area contributed by atoms with Crippen LogP contribution in [-0.2, 0) is 9.53 Å². The molecule has 0 aliphatic carbocycles. The van der Waals surface area contributed by atoms with Gasteiger partial charge in [0.25, 0.3) is 5.56 Å². The predicted octanol–water partition coefficient (Wildman–Crippen LogP) is 5.40. The molecular formula is C28H28BrClN2O5S. The smallest absolute Gasteiger partial charge is 0.338 e. The first-order chi connectivity index (χ1) is 18.3. The van der Waals surface area contributed by atoms with Crippen LogP contribution in [0.4, 0.5) is 0 Å². The van der Waals surface area contributed by atoms with Crippen LogP contribution in [0.5, 0.6) is 11.5 Å². The largest absolute Gasteiger partial charge is 0.490 e. The number of carbonyl (C=O) groups is 1. The van der Waals surface area contributed by atoms with E-state index < -0.39 is 12.0 Å². The Morgan fingerprint density at radius 2 is 1.95 bits per heavy atom. The number of thiazole rings is 1. The van der Waals surface area contributed by atoms with Gasteiger partial charge in [0.15, 0.2) is 16.3 Å². The molecule has 0 N–H and O–H groups in total. The van der Waals surface area contributed by atoms with Gasteiger partial charge in [-0.15, -0.1) is 0 Å². The fraction of sp³-hybridized carbons (Fsp3) is 0.321. The maximum Gasteiger partial charge on any atom is 0.338 e. The van der Waals surface area contributed by atoms with Crippen LogP contribution < -0.4 is 24.4 Å². The zero-order valence-corrected chi connectivity index (χ0v) is 24.7. The molecule has 0 amide bonds. The molecule has 0 fully saturated rings. The molecule has 4 rings (SSSR count). The Morgan fingerprint density at radius 1 is 1.18 bits per heavy atom. The van der Waals surface area contributed by atoms with Gasteiger partial charge in [-0.1, -0.05) is 48.1 Å². The second kappa shape index (κ2) is 12.3. The van der Waals surface area contributed by atoms with Crippen LogP contribution in [0, 0.1) is 0 Å². The van der Waals surface area contributed by atoms with Crippen LogP contribution in [-0.4, -0.2) is 30.4 Å². The summed E-state index contributed by atoms with van der Waals surface area (Å²) < 4.78 is 19.7. The SMILES string of the molecule is CCCOc1c(Br)cc(/C=c2/sc3n(c2=O)[C@H](c2ccccc2Cl)C(C(=O)OCC)=C(C)N=3)cc1OCC. The highest BCUT2D eigenvalue weighted by molar-refractivity contribution is 9.10. The van der Waals surface area contributed by atoms with Crippen molar-refractivity contribution in [2.24, 2.45) is 4.99 Å². The lowest BCUT2D eigenvalue weighted by Gasteiger charge is -2.25. The summed E-state index contributed by atoms with van der Waals surface area (Å²) in [6.45, 7) is 8.64. The summed E-state index contributed by atoms with van der Waals surface area (Å²) in [5.74, 6) is 0.686. The molecule has 1 aliphatic rings. The summed E-state index contributed by atoms with van der Waals surface area (Å²) in [5, 5.41) is 0.441. The third-order valence-corrected chi connectivity index (χ3v) is 7.71. The van der Waals surface area contributed by atoms with Crippen molar-refractivity contribution in [1.29, 1.82) is 0 Å². The topological polar surface area (TPSA) is 79.1 Å². The molecular weight excluding hydrogens is 592 g/mol. The summed E-state index contributed by atoms with van der Waals surface area (Å²) in [5.41, 5.74) is 1.87. The van der Waals surface area contributed by atoms with Crippen LogP contribution in [0.25, 0.3) is 6.08 Å². The molecule has 1 aromatic heterocycles. The Kier molecular flexibility index (Phi) is 9.12. The fourth-order valence-electron chi connectivity index (χ4n) is 4.21. The van der Waals surface area contributed by atoms with Crippen molar-refractivity contribution >= 4 is 50.9 Å². The van der Waals surface area contributed by atoms with E-state index in [0.29, 0.717) is 50.3 Å². The number of nitrogens with zero attached hydrogens (tertiary/aromatic N) is 2. The van der Waals surface area contributed by atoms with E-state index in [0.717, 1.165) is 16.5 Å². The molecule has 10 heteroatoms. The molecule has 0 radical (unpaired) electrons. The van der Waals surface area contributed by atoms with Gasteiger partial charge in [0.2, 0.25) is 0 Å². The third-order valence-electron chi connectivity index (χ3n) is 5.80. The summed E-state index contributed by atoms with van der Waals surface area (Å²) in [4.78, 5) is 32.0. The number of fused-ring (bicyclic) bond motifs is 1. The highest BCUT2D eigenvalue weighted by Gasteiger charge is 2.34. The molecule has 0 spiro atoms. The first-order valence-corrected chi connectivity index (χ1v) is 14.3. The maximum atomic E-state index is 13.8. The molecule has 38 heavy (non-hydrogen) atoms. The van der Waals surface area contributed by atoms with E-state index in [1.807, 2.05) is 38.1 Å². The van der Waals surface area contributed by atoms with Crippen LogP contribution >= 0.6 is 38.9 Å². The van der Waals surface area contributed by atoms with Crippen molar-refractivity contribution in [3.63, 3.8) is 0 Å². The van der Waals surface area contributed by atoms with Crippen molar-refractivity contribution in [2.45, 2.75) is 40.2 Å². The van der Waals surface area contributed by atoms with E-state index in [4.69, 9.17) is 25.8 Å². The number of hydrogen-bond donors (Lipinski definition) is 0. The lowest BCUT2D eigenvalue weighted by Crippen LogP contribution is -2.40. The van der Waals surface area contributed by atoms with Crippen molar-refractivity contribution in [1.82, 2.24) is 4.57 Å². The number of esters is 1. The normalized spacial score (nSPS) is 15.2. The molecule has 0 unspecified atom stereocenters. The monoisotopic (exact) mass is 618 g/mol. The van der Waals surface area contributed by atoms with Gasteiger partial charge in [-0.05, 0) is 78.5 Å². The van der Waals surface area contributed by atoms with Crippen LogP contribution in [0.15, 0.2) is 61.9 Å². The maximum absolute atomic E-state index is 13.8.